The van der Waals surface area contributed by atoms with Gasteiger partial charge in [-0.15, -0.1) is 0 Å². The van der Waals surface area contributed by atoms with Crippen molar-refractivity contribution < 1.29 is 9.18 Å². The van der Waals surface area contributed by atoms with Gasteiger partial charge in [-0.25, -0.2) is 9.37 Å². The highest BCUT2D eigenvalue weighted by Crippen LogP contribution is 2.24. The number of nitrogens with one attached hydrogen (secondary N) is 2. The molecule has 2 N–H and O–H groups in total. The van der Waals surface area contributed by atoms with Gasteiger partial charge in [0.25, 0.3) is 5.91 Å². The summed E-state index contributed by atoms with van der Waals surface area (Å²) in [6.07, 6.45) is 9.19. The van der Waals surface area contributed by atoms with E-state index in [9.17, 15) is 9.18 Å². The maximum Gasteiger partial charge on any atom is 0.259 e. The summed E-state index contributed by atoms with van der Waals surface area (Å²) < 4.78 is 14.2. The smallest absolute Gasteiger partial charge is 0.259 e. The molecule has 5 heteroatoms. The van der Waals surface area contributed by atoms with Crippen LogP contribution < -0.4 is 10.6 Å². The SMILES string of the molecule is CC(C)c1ccc(Nc2ncccc2C(=O)NC2=CC=CCC2)cc1F. The number of carbonyl (C=O) groups is 1. The first-order chi connectivity index (χ1) is 12.5. The lowest BCUT2D eigenvalue weighted by Gasteiger charge is -2.14. The molecule has 3 rings (SSSR count). The summed E-state index contributed by atoms with van der Waals surface area (Å²) >= 11 is 0. The van der Waals surface area contributed by atoms with Crippen LogP contribution in [-0.2, 0) is 0 Å². The molecule has 26 heavy (non-hydrogen) atoms. The fourth-order valence-corrected chi connectivity index (χ4v) is 2.82. The number of nitrogens with zero attached hydrogens (tertiary/aromatic N) is 1. The van der Waals surface area contributed by atoms with Gasteiger partial charge in [0.1, 0.15) is 11.6 Å². The van der Waals surface area contributed by atoms with E-state index >= 15 is 0 Å². The van der Waals surface area contributed by atoms with E-state index in [1.165, 1.54) is 6.07 Å². The van der Waals surface area contributed by atoms with Gasteiger partial charge in [0.05, 0.1) is 5.56 Å². The number of anilines is 2. The fraction of sp³-hybridized carbons (Fsp3) is 0.238. The van der Waals surface area contributed by atoms with Gasteiger partial charge in [-0.1, -0.05) is 32.1 Å². The zero-order valence-electron chi connectivity index (χ0n) is 14.9. The van der Waals surface area contributed by atoms with Crippen LogP contribution in [0, 0.1) is 5.82 Å². The van der Waals surface area contributed by atoms with Crippen molar-refractivity contribution in [1.29, 1.82) is 0 Å². The lowest BCUT2D eigenvalue weighted by molar-refractivity contribution is 0.0965. The van der Waals surface area contributed by atoms with Crippen molar-refractivity contribution in [2.24, 2.45) is 0 Å². The number of aromatic nitrogens is 1. The molecule has 0 fully saturated rings. The van der Waals surface area contributed by atoms with Gasteiger partial charge in [-0.2, -0.15) is 0 Å². The fourth-order valence-electron chi connectivity index (χ4n) is 2.82. The van der Waals surface area contributed by atoms with Crippen molar-refractivity contribution in [3.63, 3.8) is 0 Å². The van der Waals surface area contributed by atoms with Crippen LogP contribution in [0.4, 0.5) is 15.9 Å². The average Bonchev–Trinajstić information content (AvgIpc) is 2.62. The second-order valence-corrected chi connectivity index (χ2v) is 6.53. The van der Waals surface area contributed by atoms with Crippen LogP contribution in [0.5, 0.6) is 0 Å². The minimum atomic E-state index is -0.272. The maximum atomic E-state index is 14.2. The zero-order valence-corrected chi connectivity index (χ0v) is 14.9. The van der Waals surface area contributed by atoms with Crippen LogP contribution in [-0.4, -0.2) is 10.9 Å². The molecule has 2 aromatic rings. The van der Waals surface area contributed by atoms with Crippen LogP contribution in [0.1, 0.15) is 48.5 Å². The molecule has 1 aliphatic rings. The topological polar surface area (TPSA) is 54.0 Å². The molecule has 4 nitrogen and oxygen atoms in total. The van der Waals surface area contributed by atoms with Crippen LogP contribution in [0.3, 0.4) is 0 Å². The molecule has 0 unspecified atom stereocenters. The zero-order chi connectivity index (χ0) is 18.5. The van der Waals surface area contributed by atoms with Crippen LogP contribution in [0.15, 0.2) is 60.5 Å². The summed E-state index contributed by atoms with van der Waals surface area (Å²) in [4.78, 5) is 16.9. The number of benzene rings is 1. The molecule has 1 aromatic heterocycles. The van der Waals surface area contributed by atoms with E-state index in [1.54, 1.807) is 30.5 Å². The maximum absolute atomic E-state index is 14.2. The van der Waals surface area contributed by atoms with Gasteiger partial charge in [0.2, 0.25) is 0 Å². The molecule has 0 saturated carbocycles. The number of rotatable bonds is 5. The molecule has 0 spiro atoms. The Morgan fingerprint density at radius 3 is 2.81 bits per heavy atom. The Bertz CT molecular complexity index is 871. The van der Waals surface area contributed by atoms with Gasteiger partial charge >= 0.3 is 0 Å². The molecule has 0 aliphatic heterocycles. The van der Waals surface area contributed by atoms with E-state index in [1.807, 2.05) is 26.0 Å². The summed E-state index contributed by atoms with van der Waals surface area (Å²) in [5.74, 6) is -0.000733. The Morgan fingerprint density at radius 1 is 1.27 bits per heavy atom. The third-order valence-electron chi connectivity index (χ3n) is 4.23. The molecule has 1 aliphatic carbocycles. The number of hydrogen-bond acceptors (Lipinski definition) is 3. The number of carbonyl (C=O) groups excluding carboxylic acids is 1. The molecule has 0 bridgehead atoms. The summed E-state index contributed by atoms with van der Waals surface area (Å²) in [5, 5.41) is 5.97. The predicted octanol–water partition coefficient (Wildman–Crippen LogP) is 5.05. The molecular formula is C21H22FN3O. The van der Waals surface area contributed by atoms with Gasteiger partial charge < -0.3 is 10.6 Å². The van der Waals surface area contributed by atoms with Crippen molar-refractivity contribution >= 4 is 17.4 Å². The quantitative estimate of drug-likeness (QED) is 0.792. The number of allylic oxidation sites excluding steroid dienone is 4. The molecule has 1 heterocycles. The van der Waals surface area contributed by atoms with Gasteiger partial charge in [0, 0.05) is 17.6 Å². The van der Waals surface area contributed by atoms with E-state index in [-0.39, 0.29) is 17.6 Å². The predicted molar refractivity (Wildman–Crippen MR) is 102 cm³/mol. The second-order valence-electron chi connectivity index (χ2n) is 6.53. The Kier molecular flexibility index (Phi) is 5.46. The van der Waals surface area contributed by atoms with Crippen molar-refractivity contribution in [2.75, 3.05) is 5.32 Å². The molecular weight excluding hydrogens is 329 g/mol. The first kappa shape index (κ1) is 17.9. The first-order valence-corrected chi connectivity index (χ1v) is 8.73. The lowest BCUT2D eigenvalue weighted by Crippen LogP contribution is -2.24. The van der Waals surface area contributed by atoms with Crippen LogP contribution in [0.25, 0.3) is 0 Å². The number of amides is 1. The Balaban J connectivity index is 1.81. The minimum Gasteiger partial charge on any atom is -0.339 e. The average molecular weight is 351 g/mol. The summed E-state index contributed by atoms with van der Waals surface area (Å²) in [5.41, 5.74) is 2.50. The van der Waals surface area contributed by atoms with Crippen molar-refractivity contribution in [1.82, 2.24) is 10.3 Å². The number of halogens is 1. The van der Waals surface area contributed by atoms with E-state index < -0.39 is 0 Å². The molecule has 134 valence electrons. The largest absolute Gasteiger partial charge is 0.339 e. The molecule has 1 aromatic carbocycles. The highest BCUT2D eigenvalue weighted by Gasteiger charge is 2.15. The van der Waals surface area contributed by atoms with E-state index in [2.05, 4.69) is 21.7 Å². The molecule has 0 radical (unpaired) electrons. The highest BCUT2D eigenvalue weighted by molar-refractivity contribution is 6.00. The first-order valence-electron chi connectivity index (χ1n) is 8.73. The Labute approximate surface area is 152 Å². The summed E-state index contributed by atoms with van der Waals surface area (Å²) in [7, 11) is 0. The Hall–Kier alpha value is -2.95. The van der Waals surface area contributed by atoms with Crippen molar-refractivity contribution in [3.05, 3.63) is 77.4 Å². The van der Waals surface area contributed by atoms with E-state index in [0.717, 1.165) is 18.5 Å². The summed E-state index contributed by atoms with van der Waals surface area (Å²) in [6, 6.07) is 8.38. The third kappa shape index (κ3) is 4.17. The Morgan fingerprint density at radius 2 is 2.12 bits per heavy atom. The van der Waals surface area contributed by atoms with Crippen molar-refractivity contribution in [3.8, 4) is 0 Å². The standard InChI is InChI=1S/C21H22FN3O/c1-14(2)17-11-10-16(13-19(17)22)24-20-18(9-6-12-23-20)21(26)25-15-7-4-3-5-8-15/h3-4,6-7,9-14H,5,8H2,1-2H3,(H,23,24)(H,25,26). The minimum absolute atomic E-state index is 0.109. The molecule has 1 amide bonds. The number of pyridine rings is 1. The second kappa shape index (κ2) is 7.95. The molecule has 0 saturated heterocycles. The summed E-state index contributed by atoms with van der Waals surface area (Å²) in [6.45, 7) is 3.89. The number of hydrogen-bond donors (Lipinski definition) is 2. The molecule has 0 atom stereocenters. The van der Waals surface area contributed by atoms with Crippen LogP contribution in [0.2, 0.25) is 0 Å². The monoisotopic (exact) mass is 351 g/mol. The van der Waals surface area contributed by atoms with Crippen molar-refractivity contribution in [2.45, 2.75) is 32.6 Å². The normalized spacial score (nSPS) is 13.5. The van der Waals surface area contributed by atoms with Gasteiger partial charge in [0.15, 0.2) is 0 Å². The van der Waals surface area contributed by atoms with E-state index in [4.69, 9.17) is 0 Å². The van der Waals surface area contributed by atoms with Gasteiger partial charge in [-0.05, 0) is 54.7 Å². The van der Waals surface area contributed by atoms with E-state index in [0.29, 0.717) is 22.6 Å². The van der Waals surface area contributed by atoms with Crippen LogP contribution >= 0.6 is 0 Å². The highest BCUT2D eigenvalue weighted by atomic mass is 19.1. The lowest BCUT2D eigenvalue weighted by atomic mass is 10.0. The van der Waals surface area contributed by atoms with Gasteiger partial charge in [-0.3, -0.25) is 4.79 Å². The third-order valence-corrected chi connectivity index (χ3v) is 4.23.